The second kappa shape index (κ2) is 7.26. The third-order valence-corrected chi connectivity index (χ3v) is 2.54. The summed E-state index contributed by atoms with van der Waals surface area (Å²) in [6, 6.07) is 3.59. The summed E-state index contributed by atoms with van der Waals surface area (Å²) in [6.45, 7) is 3.89. The second-order valence-electron chi connectivity index (χ2n) is 4.22. The van der Waals surface area contributed by atoms with Crippen molar-refractivity contribution in [3.8, 4) is 17.2 Å². The fraction of sp³-hybridized carbons (Fsp3) is 0.538. The van der Waals surface area contributed by atoms with Crippen molar-refractivity contribution in [1.29, 1.82) is 0 Å². The molecule has 0 unspecified atom stereocenters. The zero-order valence-corrected chi connectivity index (χ0v) is 12.4. The summed E-state index contributed by atoms with van der Waals surface area (Å²) in [4.78, 5) is 0. The summed E-state index contributed by atoms with van der Waals surface area (Å²) in [7, 11) is 5.77. The Bertz CT molecular complexity index is 404. The van der Waals surface area contributed by atoms with Crippen molar-refractivity contribution < 1.29 is 23.5 Å². The van der Waals surface area contributed by atoms with Crippen molar-refractivity contribution >= 4 is 12.6 Å². The number of hydrogen-bond acceptors (Lipinski definition) is 5. The van der Waals surface area contributed by atoms with E-state index in [1.54, 1.807) is 34.5 Å². The van der Waals surface area contributed by atoms with Crippen LogP contribution in [0, 0.1) is 0 Å². The maximum Gasteiger partial charge on any atom is 0.497 e. The zero-order chi connectivity index (χ0) is 14.4. The topological polar surface area (TPSA) is 46.2 Å². The Hall–Kier alpha value is -1.40. The summed E-state index contributed by atoms with van der Waals surface area (Å²) >= 11 is 0. The first-order chi connectivity index (χ1) is 9.07. The van der Waals surface area contributed by atoms with Gasteiger partial charge in [-0.25, -0.2) is 0 Å². The highest BCUT2D eigenvalue weighted by Crippen LogP contribution is 2.31. The van der Waals surface area contributed by atoms with E-state index in [9.17, 15) is 0 Å². The van der Waals surface area contributed by atoms with Gasteiger partial charge in [0.15, 0.2) is 11.5 Å². The van der Waals surface area contributed by atoms with Crippen LogP contribution in [-0.4, -0.2) is 41.7 Å². The predicted octanol–water partition coefficient (Wildman–Crippen LogP) is 1.48. The fourth-order valence-corrected chi connectivity index (χ4v) is 1.80. The zero-order valence-electron chi connectivity index (χ0n) is 12.4. The van der Waals surface area contributed by atoms with E-state index in [2.05, 4.69) is 0 Å². The van der Waals surface area contributed by atoms with Crippen LogP contribution in [0.5, 0.6) is 17.2 Å². The maximum absolute atomic E-state index is 5.74. The molecule has 0 heterocycles. The van der Waals surface area contributed by atoms with E-state index in [-0.39, 0.29) is 6.10 Å². The van der Waals surface area contributed by atoms with Gasteiger partial charge in [0.1, 0.15) is 5.75 Å². The van der Waals surface area contributed by atoms with Gasteiger partial charge in [-0.1, -0.05) is 0 Å². The Balaban J connectivity index is 3.33. The van der Waals surface area contributed by atoms with Gasteiger partial charge in [0.2, 0.25) is 0 Å². The van der Waals surface area contributed by atoms with Crippen LogP contribution in [0.4, 0.5) is 0 Å². The molecule has 0 aliphatic rings. The molecule has 0 atom stereocenters. The van der Waals surface area contributed by atoms with E-state index in [1.165, 1.54) is 0 Å². The molecule has 0 saturated heterocycles. The molecule has 0 aliphatic heterocycles. The van der Waals surface area contributed by atoms with E-state index in [0.29, 0.717) is 17.2 Å². The summed E-state index contributed by atoms with van der Waals surface area (Å²) < 4.78 is 27.0. The van der Waals surface area contributed by atoms with Gasteiger partial charge >= 0.3 is 7.12 Å². The molecular formula is C13H21BO5. The minimum absolute atomic E-state index is 0.0254. The van der Waals surface area contributed by atoms with E-state index >= 15 is 0 Å². The molecule has 6 heteroatoms. The molecule has 0 radical (unpaired) electrons. The monoisotopic (exact) mass is 268 g/mol. The molecular weight excluding hydrogens is 247 g/mol. The van der Waals surface area contributed by atoms with Crippen molar-refractivity contribution in [3.05, 3.63) is 12.1 Å². The lowest BCUT2D eigenvalue weighted by atomic mass is 9.78. The van der Waals surface area contributed by atoms with Gasteiger partial charge < -0.3 is 23.5 Å². The van der Waals surface area contributed by atoms with Crippen LogP contribution in [0.3, 0.4) is 0 Å². The van der Waals surface area contributed by atoms with Gasteiger partial charge in [0.05, 0.1) is 20.3 Å². The largest absolute Gasteiger partial charge is 0.497 e. The Labute approximate surface area is 114 Å². The third kappa shape index (κ3) is 3.78. The third-order valence-electron chi connectivity index (χ3n) is 2.54. The molecule has 0 saturated carbocycles. The second-order valence-corrected chi connectivity index (χ2v) is 4.22. The van der Waals surface area contributed by atoms with Crippen LogP contribution < -0.4 is 19.7 Å². The molecule has 0 fully saturated rings. The Morgan fingerprint density at radius 3 is 2.00 bits per heavy atom. The summed E-state index contributed by atoms with van der Waals surface area (Å²) in [5.41, 5.74) is 0.725. The van der Waals surface area contributed by atoms with Crippen LogP contribution in [0.2, 0.25) is 0 Å². The van der Waals surface area contributed by atoms with Crippen LogP contribution in [0.1, 0.15) is 13.8 Å². The Morgan fingerprint density at radius 2 is 1.58 bits per heavy atom. The highest BCUT2D eigenvalue weighted by atomic mass is 16.6. The van der Waals surface area contributed by atoms with Crippen molar-refractivity contribution in [1.82, 2.24) is 0 Å². The van der Waals surface area contributed by atoms with E-state index in [0.717, 1.165) is 5.46 Å². The highest BCUT2D eigenvalue weighted by molar-refractivity contribution is 6.62. The van der Waals surface area contributed by atoms with Gasteiger partial charge in [-0.05, 0) is 19.9 Å². The fourth-order valence-electron chi connectivity index (χ4n) is 1.80. The lowest BCUT2D eigenvalue weighted by Crippen LogP contribution is -2.36. The van der Waals surface area contributed by atoms with Crippen molar-refractivity contribution in [3.63, 3.8) is 0 Å². The minimum Gasteiger partial charge on any atom is -0.497 e. The van der Waals surface area contributed by atoms with Crippen molar-refractivity contribution in [2.75, 3.05) is 28.4 Å². The molecule has 1 aromatic carbocycles. The average molecular weight is 268 g/mol. The Kier molecular flexibility index (Phi) is 5.98. The number of hydrogen-bond donors (Lipinski definition) is 0. The van der Waals surface area contributed by atoms with Crippen LogP contribution in [-0.2, 0) is 9.31 Å². The highest BCUT2D eigenvalue weighted by Gasteiger charge is 2.27. The predicted molar refractivity (Wildman–Crippen MR) is 74.7 cm³/mol. The molecule has 0 N–H and O–H groups in total. The first-order valence-corrected chi connectivity index (χ1v) is 6.05. The van der Waals surface area contributed by atoms with Gasteiger partial charge in [0, 0.05) is 25.7 Å². The summed E-state index contributed by atoms with van der Waals surface area (Å²) in [6.07, 6.45) is 0.0254. The van der Waals surface area contributed by atoms with E-state index in [4.69, 9.17) is 23.5 Å². The number of ether oxygens (including phenoxy) is 3. The first kappa shape index (κ1) is 15.7. The van der Waals surface area contributed by atoms with E-state index in [1.807, 2.05) is 19.9 Å². The van der Waals surface area contributed by atoms with Crippen molar-refractivity contribution in [2.24, 2.45) is 0 Å². The number of methoxy groups -OCH3 is 2. The van der Waals surface area contributed by atoms with Gasteiger partial charge in [0.25, 0.3) is 0 Å². The lowest BCUT2D eigenvalue weighted by molar-refractivity contribution is 0.228. The molecule has 0 amide bonds. The molecule has 0 aromatic heterocycles. The molecule has 19 heavy (non-hydrogen) atoms. The van der Waals surface area contributed by atoms with E-state index < -0.39 is 7.12 Å². The number of benzene rings is 1. The average Bonchev–Trinajstić information content (AvgIpc) is 2.39. The molecule has 106 valence electrons. The first-order valence-electron chi connectivity index (χ1n) is 6.05. The van der Waals surface area contributed by atoms with Crippen LogP contribution >= 0.6 is 0 Å². The molecule has 5 nitrogen and oxygen atoms in total. The molecule has 0 spiro atoms. The normalized spacial score (nSPS) is 10.5. The number of rotatable bonds is 7. The Morgan fingerprint density at radius 1 is 0.947 bits per heavy atom. The SMILES string of the molecule is COB(OC)c1cc(OC)cc(OC(C)C)c1OC. The quantitative estimate of drug-likeness (QED) is 0.701. The van der Waals surface area contributed by atoms with Gasteiger partial charge in [-0.2, -0.15) is 0 Å². The maximum atomic E-state index is 5.74. The van der Waals surface area contributed by atoms with Crippen LogP contribution in [0.25, 0.3) is 0 Å². The smallest absolute Gasteiger partial charge is 0.497 e. The summed E-state index contributed by atoms with van der Waals surface area (Å²) in [5.74, 6) is 1.85. The lowest BCUT2D eigenvalue weighted by Gasteiger charge is -2.19. The van der Waals surface area contributed by atoms with Gasteiger partial charge in [-0.3, -0.25) is 0 Å². The van der Waals surface area contributed by atoms with Crippen LogP contribution in [0.15, 0.2) is 12.1 Å². The van der Waals surface area contributed by atoms with Crippen molar-refractivity contribution in [2.45, 2.75) is 20.0 Å². The molecule has 0 aliphatic carbocycles. The van der Waals surface area contributed by atoms with Gasteiger partial charge in [-0.15, -0.1) is 0 Å². The molecule has 0 bridgehead atoms. The molecule has 1 aromatic rings. The molecule has 1 rings (SSSR count). The standard InChI is InChI=1S/C13H21BO5/c1-9(2)19-12-8-10(15-3)7-11(13(12)16-4)14(17-5)18-6/h7-9H,1-6H3. The summed E-state index contributed by atoms with van der Waals surface area (Å²) in [5, 5.41) is 0. The minimum atomic E-state index is -0.542.